The number of anilines is 1. The number of piperazine rings is 1. The maximum absolute atomic E-state index is 13.6. The van der Waals surface area contributed by atoms with Gasteiger partial charge in [-0.15, -0.1) is 0 Å². The lowest BCUT2D eigenvalue weighted by Crippen LogP contribution is -2.45. The van der Waals surface area contributed by atoms with Crippen LogP contribution in [0, 0.1) is 5.82 Å². The van der Waals surface area contributed by atoms with Gasteiger partial charge in [0.2, 0.25) is 10.0 Å². The average molecular weight is 315 g/mol. The lowest BCUT2D eigenvalue weighted by molar-refractivity contribution is 0.312. The molecule has 118 valence electrons. The van der Waals surface area contributed by atoms with Crippen molar-refractivity contribution in [3.05, 3.63) is 29.6 Å². The number of likely N-dealkylation sites (N-methyl/N-ethyl adjacent to an activating group) is 1. The van der Waals surface area contributed by atoms with E-state index in [1.807, 2.05) is 0 Å². The van der Waals surface area contributed by atoms with Gasteiger partial charge in [0.15, 0.2) is 0 Å². The van der Waals surface area contributed by atoms with Crippen molar-refractivity contribution in [1.29, 1.82) is 0 Å². The summed E-state index contributed by atoms with van der Waals surface area (Å²) in [5.41, 5.74) is 1.57. The topological polar surface area (TPSA) is 52.7 Å². The number of halogens is 1. The van der Waals surface area contributed by atoms with Gasteiger partial charge in [0, 0.05) is 37.9 Å². The Morgan fingerprint density at radius 2 is 1.86 bits per heavy atom. The molecule has 7 heteroatoms. The normalized spacial score (nSPS) is 18.8. The van der Waals surface area contributed by atoms with Crippen molar-refractivity contribution in [3.63, 3.8) is 0 Å². The van der Waals surface area contributed by atoms with Crippen molar-refractivity contribution >= 4 is 15.7 Å². The fourth-order valence-corrected chi connectivity index (χ4v) is 3.36. The molecule has 0 aromatic heterocycles. The molecule has 0 bridgehead atoms. The highest BCUT2D eigenvalue weighted by molar-refractivity contribution is 7.88. The molecule has 0 aliphatic carbocycles. The highest BCUT2D eigenvalue weighted by Gasteiger charge is 2.21. The minimum absolute atomic E-state index is 0.356. The second-order valence-electron chi connectivity index (χ2n) is 5.61. The molecule has 1 aromatic rings. The van der Waals surface area contributed by atoms with Crippen LogP contribution in [0.25, 0.3) is 0 Å². The van der Waals surface area contributed by atoms with Crippen molar-refractivity contribution in [2.45, 2.75) is 13.0 Å². The predicted octanol–water partition coefficient (Wildman–Crippen LogP) is 1.19. The Bertz CT molecular complexity index is 598. The van der Waals surface area contributed by atoms with E-state index in [4.69, 9.17) is 0 Å². The third kappa shape index (κ3) is 4.39. The minimum atomic E-state index is -3.34. The Labute approximate surface area is 125 Å². The van der Waals surface area contributed by atoms with Crippen LogP contribution in [-0.2, 0) is 10.0 Å². The lowest BCUT2D eigenvalue weighted by atomic mass is 10.0. The fraction of sp³-hybridized carbons (Fsp3) is 0.571. The first-order valence-corrected chi connectivity index (χ1v) is 8.85. The van der Waals surface area contributed by atoms with Crippen LogP contribution in [0.1, 0.15) is 18.5 Å². The number of benzene rings is 1. The first kappa shape index (κ1) is 16.2. The van der Waals surface area contributed by atoms with Crippen molar-refractivity contribution < 1.29 is 12.8 Å². The van der Waals surface area contributed by atoms with Gasteiger partial charge in [-0.1, -0.05) is 0 Å². The van der Waals surface area contributed by atoms with Gasteiger partial charge >= 0.3 is 0 Å². The highest BCUT2D eigenvalue weighted by atomic mass is 32.2. The Morgan fingerprint density at radius 3 is 2.43 bits per heavy atom. The average Bonchev–Trinajstić information content (AvgIpc) is 2.38. The molecule has 1 aliphatic heterocycles. The zero-order valence-corrected chi connectivity index (χ0v) is 13.5. The molecular weight excluding hydrogens is 293 g/mol. The second kappa shape index (κ2) is 6.29. The van der Waals surface area contributed by atoms with E-state index in [0.717, 1.165) is 38.1 Å². The smallest absolute Gasteiger partial charge is 0.209 e. The van der Waals surface area contributed by atoms with Crippen LogP contribution in [0.5, 0.6) is 0 Å². The van der Waals surface area contributed by atoms with Crippen LogP contribution in [0.2, 0.25) is 0 Å². The molecule has 0 saturated carbocycles. The quantitative estimate of drug-likeness (QED) is 0.907. The SMILES string of the molecule is C[C@H](NS(C)(=O)=O)c1cc(F)ccc1N1CCN(C)CC1. The molecule has 2 rings (SSSR count). The Hall–Kier alpha value is -1.18. The van der Waals surface area contributed by atoms with E-state index < -0.39 is 16.1 Å². The van der Waals surface area contributed by atoms with E-state index in [0.29, 0.717) is 5.56 Å². The number of sulfonamides is 1. The number of rotatable bonds is 4. The van der Waals surface area contributed by atoms with Gasteiger partial charge in [0.25, 0.3) is 0 Å². The van der Waals surface area contributed by atoms with Gasteiger partial charge in [-0.3, -0.25) is 0 Å². The van der Waals surface area contributed by atoms with Gasteiger partial charge < -0.3 is 9.80 Å². The zero-order chi connectivity index (χ0) is 15.6. The zero-order valence-electron chi connectivity index (χ0n) is 12.6. The monoisotopic (exact) mass is 315 g/mol. The highest BCUT2D eigenvalue weighted by Crippen LogP contribution is 2.28. The minimum Gasteiger partial charge on any atom is -0.369 e. The molecule has 0 amide bonds. The molecule has 1 heterocycles. The third-order valence-corrected chi connectivity index (χ3v) is 4.47. The van der Waals surface area contributed by atoms with Gasteiger partial charge in [0.05, 0.1) is 6.26 Å². The van der Waals surface area contributed by atoms with Gasteiger partial charge in [0.1, 0.15) is 5.82 Å². The van der Waals surface area contributed by atoms with Crippen LogP contribution in [0.4, 0.5) is 10.1 Å². The van der Waals surface area contributed by atoms with Gasteiger partial charge in [-0.25, -0.2) is 17.5 Å². The van der Waals surface area contributed by atoms with E-state index >= 15 is 0 Å². The number of hydrogen-bond acceptors (Lipinski definition) is 4. The standard InChI is InChI=1S/C14H22FN3O2S/c1-11(16-21(3,19)20)13-10-12(15)4-5-14(13)18-8-6-17(2)7-9-18/h4-5,10-11,16H,6-9H2,1-3H3/t11-/m0/s1. The molecule has 1 atom stereocenters. The van der Waals surface area contributed by atoms with E-state index in [1.165, 1.54) is 12.1 Å². The Balaban J connectivity index is 2.29. The summed E-state index contributed by atoms with van der Waals surface area (Å²) in [5.74, 6) is -0.356. The molecule has 1 fully saturated rings. The van der Waals surface area contributed by atoms with E-state index in [-0.39, 0.29) is 5.82 Å². The van der Waals surface area contributed by atoms with Crippen molar-refractivity contribution in [3.8, 4) is 0 Å². The third-order valence-electron chi connectivity index (χ3n) is 3.69. The van der Waals surface area contributed by atoms with Crippen molar-refractivity contribution in [2.75, 3.05) is 44.4 Å². The second-order valence-corrected chi connectivity index (χ2v) is 7.39. The van der Waals surface area contributed by atoms with Crippen LogP contribution in [0.3, 0.4) is 0 Å². The Kier molecular flexibility index (Phi) is 4.85. The van der Waals surface area contributed by atoms with Crippen LogP contribution in [0.15, 0.2) is 18.2 Å². The van der Waals surface area contributed by atoms with Crippen LogP contribution < -0.4 is 9.62 Å². The van der Waals surface area contributed by atoms with E-state index in [1.54, 1.807) is 13.0 Å². The van der Waals surface area contributed by atoms with Crippen molar-refractivity contribution in [1.82, 2.24) is 9.62 Å². The summed E-state index contributed by atoms with van der Waals surface area (Å²) in [6, 6.07) is 4.10. The summed E-state index contributed by atoms with van der Waals surface area (Å²) in [5, 5.41) is 0. The van der Waals surface area contributed by atoms with Crippen molar-refractivity contribution in [2.24, 2.45) is 0 Å². The van der Waals surface area contributed by atoms with Gasteiger partial charge in [-0.05, 0) is 37.7 Å². The molecule has 0 spiro atoms. The summed E-state index contributed by atoms with van der Waals surface area (Å²) in [6.45, 7) is 5.30. The first-order chi connectivity index (χ1) is 9.76. The summed E-state index contributed by atoms with van der Waals surface area (Å²) in [7, 11) is -1.27. The molecule has 1 aromatic carbocycles. The Morgan fingerprint density at radius 1 is 1.24 bits per heavy atom. The molecular formula is C14H22FN3O2S. The van der Waals surface area contributed by atoms with E-state index in [9.17, 15) is 12.8 Å². The predicted molar refractivity (Wildman–Crippen MR) is 82.5 cm³/mol. The summed E-state index contributed by atoms with van der Waals surface area (Å²) in [6.07, 6.45) is 1.11. The molecule has 0 radical (unpaired) electrons. The maximum Gasteiger partial charge on any atom is 0.209 e. The maximum atomic E-state index is 13.6. The first-order valence-electron chi connectivity index (χ1n) is 6.96. The molecule has 0 unspecified atom stereocenters. The molecule has 21 heavy (non-hydrogen) atoms. The summed E-state index contributed by atoms with van der Waals surface area (Å²) >= 11 is 0. The molecule has 1 saturated heterocycles. The van der Waals surface area contributed by atoms with Gasteiger partial charge in [-0.2, -0.15) is 0 Å². The van der Waals surface area contributed by atoms with E-state index in [2.05, 4.69) is 21.6 Å². The fourth-order valence-electron chi connectivity index (χ4n) is 2.59. The summed E-state index contributed by atoms with van der Waals surface area (Å²) < 4.78 is 38.9. The number of hydrogen-bond donors (Lipinski definition) is 1. The van der Waals surface area contributed by atoms with Crippen LogP contribution >= 0.6 is 0 Å². The molecule has 1 N–H and O–H groups in total. The molecule has 5 nitrogen and oxygen atoms in total. The largest absolute Gasteiger partial charge is 0.369 e. The van der Waals surface area contributed by atoms with Crippen LogP contribution in [-0.4, -0.2) is 52.8 Å². The lowest BCUT2D eigenvalue weighted by Gasteiger charge is -2.36. The number of nitrogens with zero attached hydrogens (tertiary/aromatic N) is 2. The number of nitrogens with one attached hydrogen (secondary N) is 1. The summed E-state index contributed by atoms with van der Waals surface area (Å²) in [4.78, 5) is 4.41. The molecule has 1 aliphatic rings.